The Kier molecular flexibility index (Phi) is 2.76. The molecule has 1 rings (SSSR count). The summed E-state index contributed by atoms with van der Waals surface area (Å²) < 4.78 is 5.08. The van der Waals surface area contributed by atoms with E-state index in [9.17, 15) is 4.79 Å². The van der Waals surface area contributed by atoms with Crippen LogP contribution in [0.5, 0.6) is 11.8 Å². The van der Waals surface area contributed by atoms with Gasteiger partial charge in [-0.15, -0.1) is 4.73 Å². The molecule has 0 unspecified atom stereocenters. The van der Waals surface area contributed by atoms with Crippen molar-refractivity contribution in [2.24, 2.45) is 0 Å². The molecule has 2 N–H and O–H groups in total. The van der Waals surface area contributed by atoms with E-state index >= 15 is 0 Å². The number of hydrogen-bond donors (Lipinski definition) is 2. The zero-order valence-electron chi connectivity index (χ0n) is 6.93. The standard InChI is InChI=1S/C7H9NO5/c1-12-4-7(11)13-8-5(9)2-3-6(8)10/h2-3,9-10H,4H2,1H3. The molecule has 0 aliphatic carbocycles. The van der Waals surface area contributed by atoms with Gasteiger partial charge < -0.3 is 19.8 Å². The van der Waals surface area contributed by atoms with Crippen LogP contribution in [0.25, 0.3) is 0 Å². The first-order valence-corrected chi connectivity index (χ1v) is 3.45. The number of hydrogen-bond acceptors (Lipinski definition) is 5. The zero-order valence-corrected chi connectivity index (χ0v) is 6.93. The minimum absolute atomic E-state index is 0.253. The van der Waals surface area contributed by atoms with E-state index in [0.29, 0.717) is 4.73 Å². The fraction of sp³-hybridized carbons (Fsp3) is 0.286. The quantitative estimate of drug-likeness (QED) is 0.666. The average molecular weight is 187 g/mol. The largest absolute Gasteiger partial charge is 0.492 e. The van der Waals surface area contributed by atoms with Gasteiger partial charge in [-0.25, -0.2) is 4.79 Å². The van der Waals surface area contributed by atoms with Crippen molar-refractivity contribution in [2.75, 3.05) is 13.7 Å². The Labute approximate surface area is 73.9 Å². The third kappa shape index (κ3) is 2.12. The fourth-order valence-corrected chi connectivity index (χ4v) is 0.741. The van der Waals surface area contributed by atoms with Crippen molar-refractivity contribution in [3.05, 3.63) is 12.1 Å². The van der Waals surface area contributed by atoms with Gasteiger partial charge in [0.05, 0.1) is 0 Å². The van der Waals surface area contributed by atoms with E-state index in [4.69, 9.17) is 10.2 Å². The molecule has 0 aliphatic rings. The summed E-state index contributed by atoms with van der Waals surface area (Å²) in [4.78, 5) is 15.3. The molecule has 1 aromatic rings. The molecule has 6 heteroatoms. The van der Waals surface area contributed by atoms with Crippen LogP contribution in [0.2, 0.25) is 0 Å². The van der Waals surface area contributed by atoms with Crippen LogP contribution in [0.3, 0.4) is 0 Å². The van der Waals surface area contributed by atoms with E-state index < -0.39 is 5.97 Å². The van der Waals surface area contributed by atoms with E-state index in [1.54, 1.807) is 0 Å². The van der Waals surface area contributed by atoms with Crippen molar-refractivity contribution in [3.8, 4) is 11.8 Å². The molecule has 1 aromatic heterocycles. The fourth-order valence-electron chi connectivity index (χ4n) is 0.741. The topological polar surface area (TPSA) is 80.9 Å². The summed E-state index contributed by atoms with van der Waals surface area (Å²) in [5, 5.41) is 18.1. The second-order valence-corrected chi connectivity index (χ2v) is 2.24. The molecule has 0 aromatic carbocycles. The van der Waals surface area contributed by atoms with Crippen LogP contribution in [-0.4, -0.2) is 34.6 Å². The van der Waals surface area contributed by atoms with Crippen LogP contribution >= 0.6 is 0 Å². The van der Waals surface area contributed by atoms with Gasteiger partial charge in [-0.1, -0.05) is 0 Å². The molecule has 0 saturated carbocycles. The maximum absolute atomic E-state index is 10.8. The molecule has 6 nitrogen and oxygen atoms in total. The molecule has 0 aliphatic heterocycles. The van der Waals surface area contributed by atoms with Crippen LogP contribution in [0, 0.1) is 0 Å². The lowest BCUT2D eigenvalue weighted by molar-refractivity contribution is -0.149. The van der Waals surface area contributed by atoms with Crippen LogP contribution in [0.4, 0.5) is 0 Å². The van der Waals surface area contributed by atoms with Crippen molar-refractivity contribution in [3.63, 3.8) is 0 Å². The van der Waals surface area contributed by atoms with Crippen LogP contribution in [-0.2, 0) is 9.53 Å². The van der Waals surface area contributed by atoms with Crippen molar-refractivity contribution < 1.29 is 24.6 Å². The van der Waals surface area contributed by atoms with Gasteiger partial charge in [-0.2, -0.15) is 0 Å². The van der Waals surface area contributed by atoms with E-state index in [1.807, 2.05) is 0 Å². The lowest BCUT2D eigenvalue weighted by Gasteiger charge is -2.05. The SMILES string of the molecule is COCC(=O)On1c(O)ccc1O. The van der Waals surface area contributed by atoms with E-state index in [-0.39, 0.29) is 18.4 Å². The highest BCUT2D eigenvalue weighted by Crippen LogP contribution is 2.18. The van der Waals surface area contributed by atoms with Crippen LogP contribution in [0.15, 0.2) is 12.1 Å². The zero-order chi connectivity index (χ0) is 9.84. The summed E-state index contributed by atoms with van der Waals surface area (Å²) in [7, 11) is 1.33. The molecule has 0 fully saturated rings. The number of carbonyl (C=O) groups is 1. The van der Waals surface area contributed by atoms with E-state index in [1.165, 1.54) is 19.2 Å². The summed E-state index contributed by atoms with van der Waals surface area (Å²) in [6, 6.07) is 2.38. The monoisotopic (exact) mass is 187 g/mol. The third-order valence-electron chi connectivity index (χ3n) is 1.25. The van der Waals surface area contributed by atoms with Crippen molar-refractivity contribution in [1.82, 2.24) is 4.73 Å². The summed E-state index contributed by atoms with van der Waals surface area (Å²) in [5.74, 6) is -1.44. The molecule has 72 valence electrons. The lowest BCUT2D eigenvalue weighted by Crippen LogP contribution is -2.22. The number of carbonyl (C=O) groups excluding carboxylic acids is 1. The molecular formula is C7H9NO5. The Morgan fingerprint density at radius 3 is 2.46 bits per heavy atom. The van der Waals surface area contributed by atoms with Crippen molar-refractivity contribution in [1.29, 1.82) is 0 Å². The Morgan fingerprint density at radius 1 is 1.46 bits per heavy atom. The molecule has 0 radical (unpaired) electrons. The minimum Gasteiger partial charge on any atom is -0.492 e. The van der Waals surface area contributed by atoms with E-state index in [2.05, 4.69) is 9.57 Å². The van der Waals surface area contributed by atoms with Gasteiger partial charge in [0.2, 0.25) is 11.8 Å². The van der Waals surface area contributed by atoms with Gasteiger partial charge in [0.15, 0.2) is 0 Å². The normalized spacial score (nSPS) is 9.92. The summed E-state index contributed by atoms with van der Waals surface area (Å²) in [6.45, 7) is -0.253. The first kappa shape index (κ1) is 9.40. The number of rotatable bonds is 3. The van der Waals surface area contributed by atoms with Crippen LogP contribution < -0.4 is 4.84 Å². The molecule has 1 heterocycles. The van der Waals surface area contributed by atoms with Gasteiger partial charge in [-0.3, -0.25) is 0 Å². The highest BCUT2D eigenvalue weighted by atomic mass is 16.7. The summed E-state index contributed by atoms with van der Waals surface area (Å²) >= 11 is 0. The predicted molar refractivity (Wildman–Crippen MR) is 41.2 cm³/mol. The molecule has 0 amide bonds. The number of methoxy groups -OCH3 is 1. The highest BCUT2D eigenvalue weighted by Gasteiger charge is 2.11. The summed E-state index contributed by atoms with van der Waals surface area (Å²) in [5.41, 5.74) is 0. The Hall–Kier alpha value is -1.69. The second kappa shape index (κ2) is 3.81. The summed E-state index contributed by atoms with van der Waals surface area (Å²) in [6.07, 6.45) is 0. The predicted octanol–water partition coefficient (Wildman–Crippen LogP) is -0.499. The maximum Gasteiger partial charge on any atom is 0.358 e. The number of nitrogens with zero attached hydrogens (tertiary/aromatic N) is 1. The molecule has 0 bridgehead atoms. The lowest BCUT2D eigenvalue weighted by atomic mass is 10.6. The first-order valence-electron chi connectivity index (χ1n) is 3.45. The van der Waals surface area contributed by atoms with Gasteiger partial charge in [-0.05, 0) is 0 Å². The molecule has 0 atom stereocenters. The van der Waals surface area contributed by atoms with Gasteiger partial charge >= 0.3 is 5.97 Å². The van der Waals surface area contributed by atoms with Gasteiger partial charge in [0.25, 0.3) is 0 Å². The van der Waals surface area contributed by atoms with Crippen molar-refractivity contribution in [2.45, 2.75) is 0 Å². The minimum atomic E-state index is -0.718. The highest BCUT2D eigenvalue weighted by molar-refractivity contribution is 5.71. The average Bonchev–Trinajstić information content (AvgIpc) is 2.36. The Morgan fingerprint density at radius 2 is 2.00 bits per heavy atom. The smallest absolute Gasteiger partial charge is 0.358 e. The maximum atomic E-state index is 10.8. The molecule has 13 heavy (non-hydrogen) atoms. The van der Waals surface area contributed by atoms with E-state index in [0.717, 1.165) is 0 Å². The van der Waals surface area contributed by atoms with Gasteiger partial charge in [0, 0.05) is 19.2 Å². The van der Waals surface area contributed by atoms with Crippen LogP contribution in [0.1, 0.15) is 0 Å². The molecular weight excluding hydrogens is 178 g/mol. The number of aromatic nitrogens is 1. The molecule has 0 saturated heterocycles. The number of ether oxygens (including phenoxy) is 1. The molecule has 0 spiro atoms. The first-order chi connectivity index (χ1) is 6.15. The third-order valence-corrected chi connectivity index (χ3v) is 1.25. The Bertz CT molecular complexity index is 286. The van der Waals surface area contributed by atoms with Gasteiger partial charge in [0.1, 0.15) is 6.61 Å². The van der Waals surface area contributed by atoms with Crippen molar-refractivity contribution >= 4 is 5.97 Å². The number of aromatic hydroxyl groups is 2. The Balaban J connectivity index is 2.68. The second-order valence-electron chi connectivity index (χ2n) is 2.24.